The van der Waals surface area contributed by atoms with Crippen LogP contribution in [0, 0.1) is 6.92 Å². The molecule has 20 heavy (non-hydrogen) atoms. The Morgan fingerprint density at radius 1 is 1.30 bits per heavy atom. The summed E-state index contributed by atoms with van der Waals surface area (Å²) in [6.07, 6.45) is 2.38. The van der Waals surface area contributed by atoms with E-state index in [2.05, 4.69) is 52.6 Å². The van der Waals surface area contributed by atoms with Crippen molar-refractivity contribution in [2.75, 3.05) is 25.5 Å². The third-order valence-corrected chi connectivity index (χ3v) is 4.13. The lowest BCUT2D eigenvalue weighted by Gasteiger charge is -2.30. The van der Waals surface area contributed by atoms with Crippen molar-refractivity contribution < 1.29 is 0 Å². The number of fused-ring (bicyclic) bond motifs is 1. The standard InChI is InChI=1S/C15H19ClN4/c1-10-5-6-12-13(8-10)14(16)18-19-15(12)17-11-4-3-7-20(2)9-11/h5-6,8,11H,3-4,7,9H2,1-2H3,(H,17,19)/t11-/m1/s1. The summed E-state index contributed by atoms with van der Waals surface area (Å²) in [5, 5.41) is 14.3. The molecule has 0 spiro atoms. The van der Waals surface area contributed by atoms with E-state index < -0.39 is 0 Å². The van der Waals surface area contributed by atoms with Gasteiger partial charge in [0.15, 0.2) is 11.0 Å². The van der Waals surface area contributed by atoms with Crippen LogP contribution in [0.5, 0.6) is 0 Å². The zero-order valence-corrected chi connectivity index (χ0v) is 12.6. The minimum absolute atomic E-state index is 0.425. The molecule has 2 aromatic rings. The van der Waals surface area contributed by atoms with Gasteiger partial charge in [-0.2, -0.15) is 0 Å². The average molecular weight is 291 g/mol. The van der Waals surface area contributed by atoms with Gasteiger partial charge >= 0.3 is 0 Å². The van der Waals surface area contributed by atoms with Crippen molar-refractivity contribution in [3.63, 3.8) is 0 Å². The number of anilines is 1. The minimum atomic E-state index is 0.425. The molecule has 4 nitrogen and oxygen atoms in total. The molecule has 106 valence electrons. The number of likely N-dealkylation sites (N-methyl/N-ethyl adjacent to an activating group) is 1. The Morgan fingerprint density at radius 3 is 2.95 bits per heavy atom. The lowest BCUT2D eigenvalue weighted by molar-refractivity contribution is 0.261. The lowest BCUT2D eigenvalue weighted by atomic mass is 10.1. The first-order valence-corrected chi connectivity index (χ1v) is 7.39. The second kappa shape index (κ2) is 5.54. The van der Waals surface area contributed by atoms with Crippen LogP contribution in [0.2, 0.25) is 5.15 Å². The van der Waals surface area contributed by atoms with Gasteiger partial charge in [0.2, 0.25) is 0 Å². The maximum Gasteiger partial charge on any atom is 0.159 e. The topological polar surface area (TPSA) is 41.0 Å². The van der Waals surface area contributed by atoms with Gasteiger partial charge in [0.1, 0.15) is 0 Å². The summed E-state index contributed by atoms with van der Waals surface area (Å²) in [4.78, 5) is 2.34. The van der Waals surface area contributed by atoms with Crippen molar-refractivity contribution in [2.24, 2.45) is 0 Å². The molecule has 1 aliphatic heterocycles. The normalized spacial score (nSPS) is 20.2. The Kier molecular flexibility index (Phi) is 3.76. The van der Waals surface area contributed by atoms with Crippen molar-refractivity contribution >= 4 is 28.2 Å². The Bertz CT molecular complexity index is 629. The number of benzene rings is 1. The Balaban J connectivity index is 1.93. The Morgan fingerprint density at radius 2 is 2.15 bits per heavy atom. The van der Waals surface area contributed by atoms with E-state index in [1.807, 2.05) is 0 Å². The molecule has 1 aliphatic rings. The Hall–Kier alpha value is -1.39. The first-order chi connectivity index (χ1) is 9.63. The molecule has 0 aliphatic carbocycles. The third-order valence-electron chi connectivity index (χ3n) is 3.86. The van der Waals surface area contributed by atoms with Crippen LogP contribution in [-0.2, 0) is 0 Å². The SMILES string of the molecule is Cc1ccc2c(N[C@@H]3CCCN(C)C3)nnc(Cl)c2c1. The molecular weight excluding hydrogens is 272 g/mol. The molecule has 1 N–H and O–H groups in total. The van der Waals surface area contributed by atoms with E-state index in [4.69, 9.17) is 11.6 Å². The molecule has 2 heterocycles. The molecule has 1 aromatic heterocycles. The van der Waals surface area contributed by atoms with Gasteiger partial charge in [-0.05, 0) is 39.4 Å². The number of nitrogens with zero attached hydrogens (tertiary/aromatic N) is 3. The molecule has 0 radical (unpaired) electrons. The highest BCUT2D eigenvalue weighted by Gasteiger charge is 2.18. The maximum absolute atomic E-state index is 6.16. The predicted octanol–water partition coefficient (Wildman–Crippen LogP) is 3.10. The van der Waals surface area contributed by atoms with Gasteiger partial charge in [-0.25, -0.2) is 0 Å². The highest BCUT2D eigenvalue weighted by Crippen LogP contribution is 2.28. The molecule has 0 saturated carbocycles. The van der Waals surface area contributed by atoms with Crippen LogP contribution in [0.4, 0.5) is 5.82 Å². The molecular formula is C15H19ClN4. The smallest absolute Gasteiger partial charge is 0.159 e. The maximum atomic E-state index is 6.16. The number of hydrogen-bond acceptors (Lipinski definition) is 4. The van der Waals surface area contributed by atoms with E-state index in [9.17, 15) is 0 Å². The molecule has 1 atom stereocenters. The van der Waals surface area contributed by atoms with E-state index in [0.717, 1.165) is 23.1 Å². The molecule has 3 rings (SSSR count). The molecule has 1 saturated heterocycles. The zero-order chi connectivity index (χ0) is 14.1. The van der Waals surface area contributed by atoms with E-state index in [-0.39, 0.29) is 0 Å². The third kappa shape index (κ3) is 2.72. The van der Waals surface area contributed by atoms with Gasteiger partial charge in [-0.1, -0.05) is 29.3 Å². The van der Waals surface area contributed by atoms with E-state index in [0.29, 0.717) is 11.2 Å². The van der Waals surface area contributed by atoms with Crippen LogP contribution in [0.1, 0.15) is 18.4 Å². The van der Waals surface area contributed by atoms with Crippen molar-refractivity contribution in [1.29, 1.82) is 0 Å². The number of rotatable bonds is 2. The van der Waals surface area contributed by atoms with Gasteiger partial charge in [-0.3, -0.25) is 0 Å². The van der Waals surface area contributed by atoms with Crippen molar-refractivity contribution in [2.45, 2.75) is 25.8 Å². The first-order valence-electron chi connectivity index (χ1n) is 7.01. The molecule has 1 aromatic carbocycles. The zero-order valence-electron chi connectivity index (χ0n) is 11.9. The van der Waals surface area contributed by atoms with E-state index >= 15 is 0 Å². The van der Waals surface area contributed by atoms with Crippen LogP contribution in [-0.4, -0.2) is 41.3 Å². The molecule has 0 amide bonds. The van der Waals surface area contributed by atoms with E-state index in [1.54, 1.807) is 0 Å². The van der Waals surface area contributed by atoms with Gasteiger partial charge in [0, 0.05) is 23.4 Å². The lowest BCUT2D eigenvalue weighted by Crippen LogP contribution is -2.40. The quantitative estimate of drug-likeness (QED) is 0.923. The number of halogens is 1. The summed E-state index contributed by atoms with van der Waals surface area (Å²) in [5.41, 5.74) is 1.18. The number of hydrogen-bond donors (Lipinski definition) is 1. The van der Waals surface area contributed by atoms with Crippen LogP contribution in [0.25, 0.3) is 10.8 Å². The predicted molar refractivity (Wildman–Crippen MR) is 83.4 cm³/mol. The van der Waals surface area contributed by atoms with Gasteiger partial charge in [-0.15, -0.1) is 10.2 Å². The summed E-state index contributed by atoms with van der Waals surface area (Å²) in [6, 6.07) is 6.64. The summed E-state index contributed by atoms with van der Waals surface area (Å²) >= 11 is 6.16. The largest absolute Gasteiger partial charge is 0.364 e. The van der Waals surface area contributed by atoms with Crippen LogP contribution in [0.3, 0.4) is 0 Å². The van der Waals surface area contributed by atoms with Crippen LogP contribution >= 0.6 is 11.6 Å². The van der Waals surface area contributed by atoms with Crippen molar-refractivity contribution in [3.05, 3.63) is 28.9 Å². The molecule has 0 bridgehead atoms. The summed E-state index contributed by atoms with van der Waals surface area (Å²) in [5.74, 6) is 0.838. The number of nitrogens with one attached hydrogen (secondary N) is 1. The second-order valence-corrected chi connectivity index (χ2v) is 5.99. The monoisotopic (exact) mass is 290 g/mol. The summed E-state index contributed by atoms with van der Waals surface area (Å²) < 4.78 is 0. The fourth-order valence-electron chi connectivity index (χ4n) is 2.82. The minimum Gasteiger partial charge on any atom is -0.364 e. The van der Waals surface area contributed by atoms with Crippen LogP contribution < -0.4 is 5.32 Å². The van der Waals surface area contributed by atoms with Crippen molar-refractivity contribution in [1.82, 2.24) is 15.1 Å². The molecule has 1 fully saturated rings. The van der Waals surface area contributed by atoms with Gasteiger partial charge in [0.05, 0.1) is 0 Å². The highest BCUT2D eigenvalue weighted by molar-refractivity contribution is 6.34. The van der Waals surface area contributed by atoms with Crippen molar-refractivity contribution in [3.8, 4) is 0 Å². The first kappa shape index (κ1) is 13.6. The molecule has 0 unspecified atom stereocenters. The average Bonchev–Trinajstić information content (AvgIpc) is 2.42. The summed E-state index contributed by atoms with van der Waals surface area (Å²) in [6.45, 7) is 4.27. The van der Waals surface area contributed by atoms with Gasteiger partial charge < -0.3 is 10.2 Å². The number of likely N-dealkylation sites (tertiary alicyclic amines) is 1. The number of aryl methyl sites for hydroxylation is 1. The number of piperidine rings is 1. The number of aromatic nitrogens is 2. The highest BCUT2D eigenvalue weighted by atomic mass is 35.5. The van der Waals surface area contributed by atoms with E-state index in [1.165, 1.54) is 24.9 Å². The fraction of sp³-hybridized carbons (Fsp3) is 0.467. The summed E-state index contributed by atoms with van der Waals surface area (Å²) in [7, 11) is 2.16. The fourth-order valence-corrected chi connectivity index (χ4v) is 3.02. The Labute approximate surface area is 124 Å². The molecule has 5 heteroatoms. The van der Waals surface area contributed by atoms with Crippen LogP contribution in [0.15, 0.2) is 18.2 Å². The second-order valence-electron chi connectivity index (χ2n) is 5.63. The van der Waals surface area contributed by atoms with Gasteiger partial charge in [0.25, 0.3) is 0 Å².